The summed E-state index contributed by atoms with van der Waals surface area (Å²) in [6, 6.07) is 0. The molecule has 0 saturated carbocycles. The fraction of sp³-hybridized carbons (Fsp3) is 0.721. The lowest BCUT2D eigenvalue weighted by Crippen LogP contribution is -2.37. The van der Waals surface area contributed by atoms with Gasteiger partial charge in [0, 0.05) is 12.8 Å². The second-order valence-corrected chi connectivity index (χ2v) is 29.1. The van der Waals surface area contributed by atoms with Crippen molar-refractivity contribution in [2.45, 2.75) is 354 Å². The Morgan fingerprint density at radius 3 is 0.833 bits per heavy atom. The van der Waals surface area contributed by atoms with Crippen LogP contribution in [0, 0.1) is 0 Å². The smallest absolute Gasteiger partial charge is 0.306 e. The minimum atomic E-state index is -4.65. The Labute approximate surface area is 593 Å². The molecule has 10 heteroatoms. The number of ether oxygens (including phenoxy) is 2. The van der Waals surface area contributed by atoms with Crippen molar-refractivity contribution in [3.05, 3.63) is 134 Å². The lowest BCUT2D eigenvalue weighted by Gasteiger charge is -2.28. The lowest BCUT2D eigenvalue weighted by molar-refractivity contribution is -0.870. The van der Waals surface area contributed by atoms with Crippen molar-refractivity contribution in [3.63, 3.8) is 0 Å². The number of allylic oxidation sites excluding steroid dienone is 22. The second-order valence-electron chi connectivity index (χ2n) is 27.7. The van der Waals surface area contributed by atoms with Gasteiger partial charge in [0.1, 0.15) is 19.8 Å². The molecular formula is C86H150NO8P. The topological polar surface area (TPSA) is 111 Å². The number of esters is 2. The minimum Gasteiger partial charge on any atom is -0.756 e. The van der Waals surface area contributed by atoms with Crippen molar-refractivity contribution >= 4 is 19.8 Å². The van der Waals surface area contributed by atoms with E-state index in [9.17, 15) is 19.0 Å². The van der Waals surface area contributed by atoms with E-state index in [2.05, 4.69) is 148 Å². The van der Waals surface area contributed by atoms with Crippen LogP contribution in [0.15, 0.2) is 134 Å². The minimum absolute atomic E-state index is 0.0341. The lowest BCUT2D eigenvalue weighted by atomic mass is 10.0. The number of nitrogens with zero attached hydrogens (tertiary/aromatic N) is 1. The Morgan fingerprint density at radius 1 is 0.323 bits per heavy atom. The number of rotatable bonds is 73. The predicted octanol–water partition coefficient (Wildman–Crippen LogP) is 26.1. The van der Waals surface area contributed by atoms with E-state index in [1.165, 1.54) is 205 Å². The summed E-state index contributed by atoms with van der Waals surface area (Å²) in [7, 11) is 1.17. The fourth-order valence-corrected chi connectivity index (χ4v) is 11.9. The third-order valence-corrected chi connectivity index (χ3v) is 18.1. The van der Waals surface area contributed by atoms with Crippen molar-refractivity contribution in [1.29, 1.82) is 0 Å². The maximum atomic E-state index is 12.9. The highest BCUT2D eigenvalue weighted by Gasteiger charge is 2.22. The molecule has 0 aliphatic carbocycles. The monoisotopic (exact) mass is 1360 g/mol. The zero-order chi connectivity index (χ0) is 69.7. The zero-order valence-corrected chi connectivity index (χ0v) is 63.9. The van der Waals surface area contributed by atoms with Crippen molar-refractivity contribution in [3.8, 4) is 0 Å². The van der Waals surface area contributed by atoms with Crippen molar-refractivity contribution in [2.24, 2.45) is 0 Å². The van der Waals surface area contributed by atoms with Crippen LogP contribution in [0.5, 0.6) is 0 Å². The number of phosphoric ester groups is 1. The molecule has 96 heavy (non-hydrogen) atoms. The Morgan fingerprint density at radius 2 is 0.562 bits per heavy atom. The Bertz CT molecular complexity index is 2090. The molecule has 552 valence electrons. The van der Waals surface area contributed by atoms with Crippen LogP contribution < -0.4 is 4.89 Å². The van der Waals surface area contributed by atoms with Gasteiger partial charge in [-0.15, -0.1) is 0 Å². The molecule has 0 spiro atoms. The second kappa shape index (κ2) is 75.4. The molecule has 0 aliphatic rings. The van der Waals surface area contributed by atoms with Crippen LogP contribution in [-0.2, 0) is 32.7 Å². The summed E-state index contributed by atoms with van der Waals surface area (Å²) in [6.45, 7) is 4.04. The van der Waals surface area contributed by atoms with E-state index in [1.54, 1.807) is 0 Å². The van der Waals surface area contributed by atoms with Crippen LogP contribution in [0.3, 0.4) is 0 Å². The van der Waals surface area contributed by atoms with Gasteiger partial charge in [0.25, 0.3) is 7.82 Å². The van der Waals surface area contributed by atoms with Crippen LogP contribution in [0.1, 0.15) is 348 Å². The van der Waals surface area contributed by atoms with Gasteiger partial charge < -0.3 is 27.9 Å². The van der Waals surface area contributed by atoms with Gasteiger partial charge >= 0.3 is 11.9 Å². The molecule has 0 N–H and O–H groups in total. The molecule has 2 atom stereocenters. The zero-order valence-electron chi connectivity index (χ0n) is 63.0. The molecular weight excluding hydrogens is 1210 g/mol. The maximum Gasteiger partial charge on any atom is 0.306 e. The third kappa shape index (κ3) is 79.1. The van der Waals surface area contributed by atoms with Gasteiger partial charge in [-0.2, -0.15) is 0 Å². The summed E-state index contributed by atoms with van der Waals surface area (Å²) in [5.74, 6) is -0.826. The number of phosphoric acid groups is 1. The van der Waals surface area contributed by atoms with Gasteiger partial charge in [0.2, 0.25) is 0 Å². The standard InChI is InChI=1S/C86H150NO8P/c1-6-8-10-12-14-16-18-20-22-24-26-28-30-32-34-36-38-39-40-41-42-43-44-45-46-47-49-50-52-54-56-58-60-62-64-66-68-70-72-74-76-78-85(88)92-82-84(83-94-96(90,91)93-81-80-87(3,4)5)95-86(89)79-77-75-73-71-69-67-65-63-61-59-57-55-53-51-48-37-35-33-31-29-27-25-23-21-19-17-15-13-11-9-7-2/h8-11,14-17,20-23,26-29,32-35,48,51,84H,6-7,12-13,18-19,24-25,30-31,36-47,49-50,52-83H2,1-5H3/b10-8-,11-9-,16-14-,17-15-,22-20-,23-21-,28-26-,29-27-,34-32-,35-33-,51-48-. The molecule has 2 unspecified atom stereocenters. The highest BCUT2D eigenvalue weighted by molar-refractivity contribution is 7.45. The normalized spacial score (nSPS) is 13.8. The van der Waals surface area contributed by atoms with E-state index < -0.39 is 26.5 Å². The number of hydrogen-bond acceptors (Lipinski definition) is 8. The number of quaternary nitrogens is 1. The first-order valence-electron chi connectivity index (χ1n) is 39.9. The maximum absolute atomic E-state index is 12.9. The van der Waals surface area contributed by atoms with Crippen LogP contribution in [0.2, 0.25) is 0 Å². The van der Waals surface area contributed by atoms with Gasteiger partial charge in [-0.25, -0.2) is 0 Å². The van der Waals surface area contributed by atoms with Crippen molar-refractivity contribution in [1.82, 2.24) is 0 Å². The SMILES string of the molecule is CC/C=C\C/C=C\C/C=C\C/C=C\C/C=C\C/C=C\CCCCCCCCCCCCCCC(=O)OC(COC(=O)CCCCCCCCCCCCCCCCCCCCCCCCCCC/C=C\C/C=C\C/C=C\C/C=C\C/C=C\CC)COP(=O)([O-])OCC[N+](C)(C)C. The van der Waals surface area contributed by atoms with E-state index in [-0.39, 0.29) is 32.0 Å². The van der Waals surface area contributed by atoms with Crippen LogP contribution in [0.25, 0.3) is 0 Å². The van der Waals surface area contributed by atoms with Gasteiger partial charge in [-0.05, 0) is 109 Å². The Balaban J connectivity index is 3.94. The van der Waals surface area contributed by atoms with Gasteiger partial charge in [0.15, 0.2) is 6.10 Å². The first-order chi connectivity index (χ1) is 47.0. The van der Waals surface area contributed by atoms with E-state index in [4.69, 9.17) is 18.5 Å². The molecule has 0 aromatic carbocycles. The summed E-state index contributed by atoms with van der Waals surface area (Å²) in [4.78, 5) is 38.2. The van der Waals surface area contributed by atoms with E-state index in [0.29, 0.717) is 17.4 Å². The third-order valence-electron chi connectivity index (χ3n) is 17.2. The highest BCUT2D eigenvalue weighted by Crippen LogP contribution is 2.38. The Hall–Kier alpha value is -3.85. The van der Waals surface area contributed by atoms with Gasteiger partial charge in [-0.1, -0.05) is 359 Å². The molecule has 9 nitrogen and oxygen atoms in total. The highest BCUT2D eigenvalue weighted by atomic mass is 31.2. The molecule has 0 fully saturated rings. The number of likely N-dealkylation sites (N-methyl/N-ethyl adjacent to an activating group) is 1. The molecule has 0 bridgehead atoms. The van der Waals surface area contributed by atoms with E-state index in [1.807, 2.05) is 21.1 Å². The quantitative estimate of drug-likeness (QED) is 0.0195. The average molecular weight is 1360 g/mol. The molecule has 0 amide bonds. The predicted molar refractivity (Wildman–Crippen MR) is 415 cm³/mol. The average Bonchev–Trinajstić information content (AvgIpc) is 1.97. The summed E-state index contributed by atoms with van der Waals surface area (Å²) >= 11 is 0. The molecule has 0 rings (SSSR count). The number of carbonyl (C=O) groups is 2. The molecule has 0 heterocycles. The largest absolute Gasteiger partial charge is 0.756 e. The molecule has 0 saturated heterocycles. The van der Waals surface area contributed by atoms with Crippen LogP contribution in [-0.4, -0.2) is 70.0 Å². The summed E-state index contributed by atoms with van der Waals surface area (Å²) < 4.78 is 34.4. The number of unbranched alkanes of at least 4 members (excludes halogenated alkanes) is 37. The number of carbonyl (C=O) groups excluding carboxylic acids is 2. The van der Waals surface area contributed by atoms with Crippen LogP contribution in [0.4, 0.5) is 0 Å². The Kier molecular flexibility index (Phi) is 72.3. The first kappa shape index (κ1) is 92.2. The van der Waals surface area contributed by atoms with E-state index in [0.717, 1.165) is 109 Å². The molecule has 0 aromatic heterocycles. The van der Waals surface area contributed by atoms with Gasteiger partial charge in [-0.3, -0.25) is 14.2 Å². The van der Waals surface area contributed by atoms with Crippen LogP contribution >= 0.6 is 7.82 Å². The van der Waals surface area contributed by atoms with Crippen molar-refractivity contribution < 1.29 is 42.1 Å². The van der Waals surface area contributed by atoms with Gasteiger partial charge in [0.05, 0.1) is 27.7 Å². The van der Waals surface area contributed by atoms with Crippen molar-refractivity contribution in [2.75, 3.05) is 47.5 Å². The number of hydrogen-bond donors (Lipinski definition) is 0. The molecule has 0 aliphatic heterocycles. The molecule has 0 radical (unpaired) electrons. The van der Waals surface area contributed by atoms with E-state index >= 15 is 0 Å². The first-order valence-corrected chi connectivity index (χ1v) is 41.4. The summed E-state index contributed by atoms with van der Waals surface area (Å²) in [5.41, 5.74) is 0. The fourth-order valence-electron chi connectivity index (χ4n) is 11.2. The summed E-state index contributed by atoms with van der Waals surface area (Å²) in [6.07, 6.45) is 110. The molecule has 0 aromatic rings. The summed E-state index contributed by atoms with van der Waals surface area (Å²) in [5, 5.41) is 0.